The maximum atomic E-state index is 13.0. The van der Waals surface area contributed by atoms with Gasteiger partial charge < -0.3 is 4.74 Å². The number of allylic oxidation sites excluding steroid dienone is 3. The second-order valence-corrected chi connectivity index (χ2v) is 4.30. The summed E-state index contributed by atoms with van der Waals surface area (Å²) in [6, 6.07) is 5.59. The van der Waals surface area contributed by atoms with Gasteiger partial charge in [-0.25, -0.2) is 4.39 Å². The fraction of sp³-hybridized carbons (Fsp3) is 0.133. The Morgan fingerprint density at radius 3 is 2.75 bits per heavy atom. The van der Waals surface area contributed by atoms with E-state index in [-0.39, 0.29) is 5.76 Å². The molecule has 0 radical (unpaired) electrons. The van der Waals surface area contributed by atoms with Crippen LogP contribution in [0.3, 0.4) is 0 Å². The van der Waals surface area contributed by atoms with Crippen molar-refractivity contribution in [3.8, 4) is 0 Å². The smallest absolute Gasteiger partial charge is 0.329 e. The lowest BCUT2D eigenvalue weighted by Crippen LogP contribution is -2.34. The molecule has 1 unspecified atom stereocenters. The first-order valence-corrected chi connectivity index (χ1v) is 5.89. The van der Waals surface area contributed by atoms with Gasteiger partial charge >= 0.3 is 5.97 Å². The minimum absolute atomic E-state index is 0.165. The maximum Gasteiger partial charge on any atom is 0.329 e. The van der Waals surface area contributed by atoms with Crippen molar-refractivity contribution >= 4 is 23.6 Å². The molecule has 1 aromatic rings. The summed E-state index contributed by atoms with van der Waals surface area (Å²) in [5.41, 5.74) is 0.460. The molecular weight excluding hydrogens is 263 g/mol. The molecule has 0 spiro atoms. The quantitative estimate of drug-likeness (QED) is 0.481. The van der Waals surface area contributed by atoms with E-state index >= 15 is 0 Å². The summed E-state index contributed by atoms with van der Waals surface area (Å²) in [7, 11) is 0. The first kappa shape index (κ1) is 13.9. The lowest BCUT2D eigenvalue weighted by molar-refractivity contribution is -0.151. The van der Waals surface area contributed by atoms with Crippen molar-refractivity contribution in [1.29, 1.82) is 0 Å². The third kappa shape index (κ3) is 3.06. The molecule has 4 nitrogen and oxygen atoms in total. The van der Waals surface area contributed by atoms with Gasteiger partial charge in [0.2, 0.25) is 0 Å². The lowest BCUT2D eigenvalue weighted by Gasteiger charge is -2.15. The number of ether oxygens (including phenoxy) is 1. The molecule has 0 fully saturated rings. The van der Waals surface area contributed by atoms with Gasteiger partial charge in [0.1, 0.15) is 11.6 Å². The zero-order valence-electron chi connectivity index (χ0n) is 10.6. The van der Waals surface area contributed by atoms with Crippen molar-refractivity contribution in [3.63, 3.8) is 0 Å². The Labute approximate surface area is 114 Å². The van der Waals surface area contributed by atoms with Crippen LogP contribution in [0.25, 0.3) is 6.08 Å². The number of rotatable bonds is 3. The van der Waals surface area contributed by atoms with Crippen LogP contribution >= 0.6 is 0 Å². The first-order chi connectivity index (χ1) is 9.47. The Morgan fingerprint density at radius 2 is 2.10 bits per heavy atom. The zero-order chi connectivity index (χ0) is 14.7. The van der Waals surface area contributed by atoms with Gasteiger partial charge in [-0.2, -0.15) is 0 Å². The van der Waals surface area contributed by atoms with Crippen LogP contribution in [0.1, 0.15) is 12.5 Å². The van der Waals surface area contributed by atoms with E-state index in [0.717, 1.165) is 12.2 Å². The van der Waals surface area contributed by atoms with Gasteiger partial charge in [0.25, 0.3) is 0 Å². The van der Waals surface area contributed by atoms with Crippen molar-refractivity contribution < 1.29 is 23.5 Å². The van der Waals surface area contributed by atoms with Crippen LogP contribution in [0.15, 0.2) is 42.2 Å². The van der Waals surface area contributed by atoms with Crippen molar-refractivity contribution in [3.05, 3.63) is 53.6 Å². The average Bonchev–Trinajstić information content (AvgIpc) is 2.35. The second-order valence-electron chi connectivity index (χ2n) is 4.30. The molecule has 2 rings (SSSR count). The predicted octanol–water partition coefficient (Wildman–Crippen LogP) is 2.05. The van der Waals surface area contributed by atoms with Gasteiger partial charge in [0.05, 0.1) is 0 Å². The summed E-state index contributed by atoms with van der Waals surface area (Å²) in [5.74, 6) is -3.92. The molecule has 0 saturated carbocycles. The summed E-state index contributed by atoms with van der Waals surface area (Å²) < 4.78 is 17.7. The number of esters is 1. The van der Waals surface area contributed by atoms with Crippen molar-refractivity contribution in [2.75, 3.05) is 0 Å². The molecule has 1 heterocycles. The van der Waals surface area contributed by atoms with Gasteiger partial charge in [0, 0.05) is 6.08 Å². The lowest BCUT2D eigenvalue weighted by atomic mass is 9.96. The summed E-state index contributed by atoms with van der Waals surface area (Å²) in [6.45, 7) is 1.46. The molecule has 0 saturated heterocycles. The van der Waals surface area contributed by atoms with Gasteiger partial charge in [-0.1, -0.05) is 18.2 Å². The van der Waals surface area contributed by atoms with Crippen LogP contribution in [0.2, 0.25) is 0 Å². The predicted molar refractivity (Wildman–Crippen MR) is 68.8 cm³/mol. The summed E-state index contributed by atoms with van der Waals surface area (Å²) in [4.78, 5) is 35.0. The molecule has 1 atom stereocenters. The van der Waals surface area contributed by atoms with E-state index < -0.39 is 29.3 Å². The Hall–Kier alpha value is -2.56. The Morgan fingerprint density at radius 1 is 1.35 bits per heavy atom. The average molecular weight is 274 g/mol. The number of benzene rings is 1. The molecule has 1 aliphatic heterocycles. The third-order valence-corrected chi connectivity index (χ3v) is 2.70. The molecule has 20 heavy (non-hydrogen) atoms. The third-order valence-electron chi connectivity index (χ3n) is 2.70. The molecule has 102 valence electrons. The van der Waals surface area contributed by atoms with Crippen LogP contribution in [0.5, 0.6) is 0 Å². The molecule has 0 amide bonds. The number of ketones is 2. The Balaban J connectivity index is 2.16. The van der Waals surface area contributed by atoms with E-state index in [1.54, 1.807) is 6.07 Å². The molecule has 0 bridgehead atoms. The minimum atomic E-state index is -1.47. The highest BCUT2D eigenvalue weighted by Crippen LogP contribution is 2.16. The number of carbonyl (C=O) groups excluding carboxylic acids is 3. The fourth-order valence-electron chi connectivity index (χ4n) is 1.79. The van der Waals surface area contributed by atoms with E-state index in [0.29, 0.717) is 5.56 Å². The first-order valence-electron chi connectivity index (χ1n) is 5.89. The van der Waals surface area contributed by atoms with Gasteiger partial charge in [-0.3, -0.25) is 14.4 Å². The van der Waals surface area contributed by atoms with Crippen molar-refractivity contribution in [2.45, 2.75) is 6.92 Å². The largest absolute Gasteiger partial charge is 0.430 e. The molecule has 0 N–H and O–H groups in total. The van der Waals surface area contributed by atoms with Crippen LogP contribution in [-0.2, 0) is 19.1 Å². The fourth-order valence-corrected chi connectivity index (χ4v) is 1.79. The Bertz CT molecular complexity index is 643. The minimum Gasteiger partial charge on any atom is -0.430 e. The van der Waals surface area contributed by atoms with E-state index in [2.05, 4.69) is 0 Å². The summed E-state index contributed by atoms with van der Waals surface area (Å²) >= 11 is 0. The number of hydrogen-bond donors (Lipinski definition) is 0. The second kappa shape index (κ2) is 5.61. The van der Waals surface area contributed by atoms with Crippen LogP contribution < -0.4 is 0 Å². The SMILES string of the molecule is CC1=CC(=O)C(C(=O)/C=C/c2cccc(F)c2)C(=O)O1. The standard InChI is InChI=1S/C15H11FO4/c1-9-7-13(18)14(15(19)20-9)12(17)6-5-10-3-2-4-11(16)8-10/h2-8,14H,1H3/b6-5+. The highest BCUT2D eigenvalue weighted by molar-refractivity contribution is 6.25. The van der Waals surface area contributed by atoms with Crippen molar-refractivity contribution in [2.24, 2.45) is 5.92 Å². The van der Waals surface area contributed by atoms with E-state index in [4.69, 9.17) is 4.74 Å². The molecule has 1 aromatic carbocycles. The van der Waals surface area contributed by atoms with E-state index in [1.807, 2.05) is 0 Å². The zero-order valence-corrected chi connectivity index (χ0v) is 10.6. The highest BCUT2D eigenvalue weighted by Gasteiger charge is 2.36. The summed E-state index contributed by atoms with van der Waals surface area (Å²) in [5, 5.41) is 0. The normalized spacial score (nSPS) is 18.9. The van der Waals surface area contributed by atoms with Gasteiger partial charge in [-0.05, 0) is 30.7 Å². The number of carbonyl (C=O) groups is 3. The van der Waals surface area contributed by atoms with Gasteiger partial charge in [0.15, 0.2) is 17.5 Å². The van der Waals surface area contributed by atoms with E-state index in [1.165, 1.54) is 31.2 Å². The van der Waals surface area contributed by atoms with Crippen LogP contribution in [0, 0.1) is 11.7 Å². The topological polar surface area (TPSA) is 60.4 Å². The summed E-state index contributed by atoms with van der Waals surface area (Å²) in [6.07, 6.45) is 3.53. The van der Waals surface area contributed by atoms with Crippen LogP contribution in [0.4, 0.5) is 4.39 Å². The number of cyclic esters (lactones) is 1. The molecule has 0 aliphatic carbocycles. The number of hydrogen-bond acceptors (Lipinski definition) is 4. The Kier molecular flexibility index (Phi) is 3.89. The van der Waals surface area contributed by atoms with Crippen molar-refractivity contribution in [1.82, 2.24) is 0 Å². The van der Waals surface area contributed by atoms with Crippen LogP contribution in [-0.4, -0.2) is 17.5 Å². The van der Waals surface area contributed by atoms with Gasteiger partial charge in [-0.15, -0.1) is 0 Å². The van der Waals surface area contributed by atoms with E-state index in [9.17, 15) is 18.8 Å². The molecule has 5 heteroatoms. The number of halogens is 1. The molecule has 1 aliphatic rings. The monoisotopic (exact) mass is 274 g/mol. The molecule has 0 aromatic heterocycles. The highest BCUT2D eigenvalue weighted by atomic mass is 19.1. The molecular formula is C15H11FO4. The maximum absolute atomic E-state index is 13.0.